The molecule has 0 spiro atoms. The lowest BCUT2D eigenvalue weighted by Crippen LogP contribution is -2.35. The Kier molecular flexibility index (Phi) is 4.86. The summed E-state index contributed by atoms with van der Waals surface area (Å²) in [5.74, 6) is 0. The van der Waals surface area contributed by atoms with Crippen molar-refractivity contribution in [2.45, 2.75) is 39.3 Å². The molecule has 1 amide bonds. The third kappa shape index (κ3) is 4.35. The summed E-state index contributed by atoms with van der Waals surface area (Å²) in [6.45, 7) is 7.62. The number of nitrogens with one attached hydrogen (secondary N) is 1. The van der Waals surface area contributed by atoms with Gasteiger partial charge in [-0.25, -0.2) is 4.79 Å². The van der Waals surface area contributed by atoms with Crippen LogP contribution in [0.15, 0.2) is 54.6 Å². The van der Waals surface area contributed by atoms with Crippen molar-refractivity contribution >= 4 is 6.09 Å². The van der Waals surface area contributed by atoms with E-state index in [1.165, 1.54) is 0 Å². The van der Waals surface area contributed by atoms with Crippen molar-refractivity contribution in [3.8, 4) is 0 Å². The third-order valence-corrected chi connectivity index (χ3v) is 3.29. The summed E-state index contributed by atoms with van der Waals surface area (Å²) in [7, 11) is 0. The molecule has 3 heteroatoms. The molecule has 1 atom stereocenters. The second-order valence-electron chi connectivity index (χ2n) is 6.35. The van der Waals surface area contributed by atoms with Crippen LogP contribution in [0, 0.1) is 6.92 Å². The Morgan fingerprint density at radius 3 is 2.18 bits per heavy atom. The predicted molar refractivity (Wildman–Crippen MR) is 88.8 cm³/mol. The van der Waals surface area contributed by atoms with Gasteiger partial charge in [0.25, 0.3) is 0 Å². The molecule has 0 unspecified atom stereocenters. The predicted octanol–water partition coefficient (Wildman–Crippen LogP) is 4.61. The van der Waals surface area contributed by atoms with Gasteiger partial charge in [0.1, 0.15) is 5.60 Å². The van der Waals surface area contributed by atoms with Crippen molar-refractivity contribution in [2.24, 2.45) is 0 Å². The van der Waals surface area contributed by atoms with E-state index in [2.05, 4.69) is 5.32 Å². The number of amides is 1. The van der Waals surface area contributed by atoms with Gasteiger partial charge in [-0.2, -0.15) is 0 Å². The molecule has 0 aliphatic rings. The third-order valence-electron chi connectivity index (χ3n) is 3.29. The van der Waals surface area contributed by atoms with Crippen molar-refractivity contribution in [1.82, 2.24) is 5.32 Å². The van der Waals surface area contributed by atoms with Crippen LogP contribution in [0.1, 0.15) is 43.5 Å². The van der Waals surface area contributed by atoms with Crippen LogP contribution in [0.2, 0.25) is 0 Å². The summed E-state index contributed by atoms with van der Waals surface area (Å²) in [4.78, 5) is 12.2. The fourth-order valence-electron chi connectivity index (χ4n) is 2.32. The van der Waals surface area contributed by atoms with Crippen LogP contribution < -0.4 is 5.32 Å². The SMILES string of the molecule is Cc1ccccc1[C@H](NC(=O)OC(C)(C)C)c1ccccc1. The average molecular weight is 297 g/mol. The average Bonchev–Trinajstić information content (AvgIpc) is 2.45. The molecule has 0 bridgehead atoms. The smallest absolute Gasteiger partial charge is 0.408 e. The highest BCUT2D eigenvalue weighted by Crippen LogP contribution is 2.25. The van der Waals surface area contributed by atoms with E-state index in [9.17, 15) is 4.79 Å². The zero-order chi connectivity index (χ0) is 16.2. The Labute approximate surface area is 132 Å². The zero-order valence-electron chi connectivity index (χ0n) is 13.6. The standard InChI is InChI=1S/C19H23NO2/c1-14-10-8-9-13-16(14)17(15-11-6-5-7-12-15)20-18(21)22-19(2,3)4/h5-13,17H,1-4H3,(H,20,21)/t17-/m1/s1. The van der Waals surface area contributed by atoms with Crippen LogP contribution in [0.4, 0.5) is 4.79 Å². The zero-order valence-corrected chi connectivity index (χ0v) is 13.6. The molecule has 2 rings (SSSR count). The van der Waals surface area contributed by atoms with E-state index < -0.39 is 11.7 Å². The van der Waals surface area contributed by atoms with Crippen molar-refractivity contribution in [3.05, 3.63) is 71.3 Å². The molecule has 0 radical (unpaired) electrons. The maximum Gasteiger partial charge on any atom is 0.408 e. The van der Waals surface area contributed by atoms with Gasteiger partial charge in [0, 0.05) is 0 Å². The van der Waals surface area contributed by atoms with E-state index in [-0.39, 0.29) is 6.04 Å². The molecule has 0 heterocycles. The molecule has 2 aromatic carbocycles. The van der Waals surface area contributed by atoms with Crippen LogP contribution in [0.25, 0.3) is 0 Å². The van der Waals surface area contributed by atoms with Gasteiger partial charge in [-0.3, -0.25) is 0 Å². The van der Waals surface area contributed by atoms with Gasteiger partial charge in [0.15, 0.2) is 0 Å². The van der Waals surface area contributed by atoms with Gasteiger partial charge >= 0.3 is 6.09 Å². The van der Waals surface area contributed by atoms with Crippen LogP contribution in [-0.2, 0) is 4.74 Å². The fraction of sp³-hybridized carbons (Fsp3) is 0.316. The minimum absolute atomic E-state index is 0.225. The van der Waals surface area contributed by atoms with Gasteiger partial charge in [-0.15, -0.1) is 0 Å². The molecule has 116 valence electrons. The van der Waals surface area contributed by atoms with Crippen molar-refractivity contribution in [2.75, 3.05) is 0 Å². The van der Waals surface area contributed by atoms with E-state index in [1.54, 1.807) is 0 Å². The first kappa shape index (κ1) is 16.1. The lowest BCUT2D eigenvalue weighted by atomic mass is 9.95. The van der Waals surface area contributed by atoms with Crippen molar-refractivity contribution in [3.63, 3.8) is 0 Å². The van der Waals surface area contributed by atoms with E-state index in [1.807, 2.05) is 82.3 Å². The van der Waals surface area contributed by atoms with Crippen LogP contribution in [-0.4, -0.2) is 11.7 Å². The van der Waals surface area contributed by atoms with Crippen LogP contribution in [0.3, 0.4) is 0 Å². The van der Waals surface area contributed by atoms with Crippen LogP contribution >= 0.6 is 0 Å². The number of hydrogen-bond donors (Lipinski definition) is 1. The van der Waals surface area contributed by atoms with Gasteiger partial charge in [-0.05, 0) is 44.4 Å². The van der Waals surface area contributed by atoms with Crippen molar-refractivity contribution < 1.29 is 9.53 Å². The highest BCUT2D eigenvalue weighted by atomic mass is 16.6. The Bertz CT molecular complexity index is 629. The second kappa shape index (κ2) is 6.65. The minimum Gasteiger partial charge on any atom is -0.444 e. The van der Waals surface area contributed by atoms with E-state index in [0.717, 1.165) is 16.7 Å². The summed E-state index contributed by atoms with van der Waals surface area (Å²) in [6.07, 6.45) is -0.412. The molecule has 0 aliphatic carbocycles. The molecule has 0 fully saturated rings. The minimum atomic E-state index is -0.517. The monoisotopic (exact) mass is 297 g/mol. The molecule has 0 aromatic heterocycles. The first-order chi connectivity index (χ1) is 10.4. The summed E-state index contributed by atoms with van der Waals surface area (Å²) in [5, 5.41) is 2.99. The lowest BCUT2D eigenvalue weighted by Gasteiger charge is -2.25. The molecule has 1 N–H and O–H groups in total. The van der Waals surface area contributed by atoms with Gasteiger partial charge < -0.3 is 10.1 Å². The number of ether oxygens (including phenoxy) is 1. The summed E-state index contributed by atoms with van der Waals surface area (Å²) < 4.78 is 5.40. The number of benzene rings is 2. The van der Waals surface area contributed by atoms with Gasteiger partial charge in [0.05, 0.1) is 6.04 Å². The number of alkyl carbamates (subject to hydrolysis) is 1. The summed E-state index contributed by atoms with van der Waals surface area (Å²) in [6, 6.07) is 17.7. The molecule has 3 nitrogen and oxygen atoms in total. The normalized spacial score (nSPS) is 12.5. The number of hydrogen-bond acceptors (Lipinski definition) is 2. The van der Waals surface area contributed by atoms with E-state index in [0.29, 0.717) is 0 Å². The summed E-state index contributed by atoms with van der Waals surface area (Å²) in [5.41, 5.74) is 2.71. The molecular formula is C19H23NO2. The molecule has 0 saturated carbocycles. The lowest BCUT2D eigenvalue weighted by molar-refractivity contribution is 0.0512. The topological polar surface area (TPSA) is 38.3 Å². The summed E-state index contributed by atoms with van der Waals surface area (Å²) >= 11 is 0. The number of rotatable bonds is 3. The molecule has 0 aliphatic heterocycles. The Morgan fingerprint density at radius 1 is 1.00 bits per heavy atom. The number of carbonyl (C=O) groups is 1. The molecule has 0 saturated heterocycles. The highest BCUT2D eigenvalue weighted by Gasteiger charge is 2.22. The largest absolute Gasteiger partial charge is 0.444 e. The molecule has 2 aromatic rings. The second-order valence-corrected chi connectivity index (χ2v) is 6.35. The van der Waals surface area contributed by atoms with Gasteiger partial charge in [-0.1, -0.05) is 54.6 Å². The Hall–Kier alpha value is -2.29. The maximum atomic E-state index is 12.2. The Morgan fingerprint density at radius 2 is 1.59 bits per heavy atom. The van der Waals surface area contributed by atoms with Gasteiger partial charge in [0.2, 0.25) is 0 Å². The fourth-order valence-corrected chi connectivity index (χ4v) is 2.32. The molecule has 22 heavy (non-hydrogen) atoms. The number of carbonyl (C=O) groups excluding carboxylic acids is 1. The maximum absolute atomic E-state index is 12.2. The first-order valence-electron chi connectivity index (χ1n) is 7.47. The molecular weight excluding hydrogens is 274 g/mol. The van der Waals surface area contributed by atoms with E-state index in [4.69, 9.17) is 4.74 Å². The first-order valence-corrected chi connectivity index (χ1v) is 7.47. The van der Waals surface area contributed by atoms with Crippen molar-refractivity contribution in [1.29, 1.82) is 0 Å². The van der Waals surface area contributed by atoms with E-state index >= 15 is 0 Å². The Balaban J connectivity index is 2.31. The quantitative estimate of drug-likeness (QED) is 0.898. The highest BCUT2D eigenvalue weighted by molar-refractivity contribution is 5.69. The number of aryl methyl sites for hydroxylation is 1. The van der Waals surface area contributed by atoms with Crippen LogP contribution in [0.5, 0.6) is 0 Å².